The number of methoxy groups -OCH3 is 1. The molecule has 1 amide bonds. The first-order chi connectivity index (χ1) is 10.8. The van der Waals surface area contributed by atoms with Gasteiger partial charge in [-0.3, -0.25) is 9.78 Å². The van der Waals surface area contributed by atoms with Crippen LogP contribution in [0.25, 0.3) is 0 Å². The van der Waals surface area contributed by atoms with Crippen LogP contribution in [0.5, 0.6) is 0 Å². The van der Waals surface area contributed by atoms with Crippen molar-refractivity contribution in [1.29, 1.82) is 0 Å². The van der Waals surface area contributed by atoms with E-state index in [2.05, 4.69) is 10.3 Å². The lowest BCUT2D eigenvalue weighted by molar-refractivity contribution is 0.0660. The molecule has 0 unspecified atom stereocenters. The molecule has 1 aliphatic heterocycles. The van der Waals surface area contributed by atoms with Crippen LogP contribution < -0.4 is 5.32 Å². The number of nitrogens with zero attached hydrogens (tertiary/aromatic N) is 2. The molecule has 0 spiro atoms. The SMILES string of the molecule is COCCCN1C(=O)c2ccccc2N[C@@H]1c1cccnc1. The van der Waals surface area contributed by atoms with Crippen molar-refractivity contribution in [3.63, 3.8) is 0 Å². The van der Waals surface area contributed by atoms with Gasteiger partial charge in [-0.25, -0.2) is 0 Å². The van der Waals surface area contributed by atoms with Crippen molar-refractivity contribution in [3.8, 4) is 0 Å². The predicted molar refractivity (Wildman–Crippen MR) is 84.6 cm³/mol. The standard InChI is InChI=1S/C17H19N3O2/c1-22-11-5-10-20-16(13-6-4-9-18-12-13)19-15-8-3-2-7-14(15)17(20)21/h2-4,6-9,12,16,19H,5,10-11H2,1H3/t16-/m0/s1. The van der Waals surface area contributed by atoms with E-state index in [0.29, 0.717) is 18.7 Å². The van der Waals surface area contributed by atoms with Gasteiger partial charge < -0.3 is 15.0 Å². The van der Waals surface area contributed by atoms with Gasteiger partial charge >= 0.3 is 0 Å². The van der Waals surface area contributed by atoms with Gasteiger partial charge in [0.25, 0.3) is 5.91 Å². The summed E-state index contributed by atoms with van der Waals surface area (Å²) >= 11 is 0. The maximum atomic E-state index is 12.8. The van der Waals surface area contributed by atoms with Crippen LogP contribution in [-0.2, 0) is 4.74 Å². The van der Waals surface area contributed by atoms with E-state index < -0.39 is 0 Å². The fourth-order valence-corrected chi connectivity index (χ4v) is 2.70. The highest BCUT2D eigenvalue weighted by Crippen LogP contribution is 2.32. The Morgan fingerprint density at radius 2 is 2.14 bits per heavy atom. The van der Waals surface area contributed by atoms with Crippen molar-refractivity contribution >= 4 is 11.6 Å². The molecule has 2 aromatic rings. The number of pyridine rings is 1. The van der Waals surface area contributed by atoms with Gasteiger partial charge in [0.15, 0.2) is 0 Å². The predicted octanol–water partition coefficient (Wildman–Crippen LogP) is 2.68. The molecule has 0 fully saturated rings. The zero-order chi connectivity index (χ0) is 15.4. The number of amides is 1. The third-order valence-corrected chi connectivity index (χ3v) is 3.77. The number of benzene rings is 1. The Kier molecular flexibility index (Phi) is 4.34. The minimum atomic E-state index is -0.201. The van der Waals surface area contributed by atoms with E-state index in [1.54, 1.807) is 19.5 Å². The molecule has 3 rings (SSSR count). The fourth-order valence-electron chi connectivity index (χ4n) is 2.70. The number of hydrogen-bond donors (Lipinski definition) is 1. The van der Waals surface area contributed by atoms with Crippen molar-refractivity contribution < 1.29 is 9.53 Å². The second-order valence-electron chi connectivity index (χ2n) is 5.22. The highest BCUT2D eigenvalue weighted by Gasteiger charge is 2.32. The van der Waals surface area contributed by atoms with Crippen molar-refractivity contribution in [2.45, 2.75) is 12.6 Å². The first-order valence-corrected chi connectivity index (χ1v) is 7.36. The summed E-state index contributed by atoms with van der Waals surface area (Å²) in [5, 5.41) is 3.44. The Bertz CT molecular complexity index is 645. The summed E-state index contributed by atoms with van der Waals surface area (Å²) in [7, 11) is 1.67. The molecule has 114 valence electrons. The highest BCUT2D eigenvalue weighted by molar-refractivity contribution is 6.01. The van der Waals surface area contributed by atoms with E-state index in [1.165, 1.54) is 0 Å². The molecule has 5 heteroatoms. The Labute approximate surface area is 129 Å². The van der Waals surface area contributed by atoms with Gasteiger partial charge in [0.1, 0.15) is 6.17 Å². The molecule has 1 aliphatic rings. The lowest BCUT2D eigenvalue weighted by atomic mass is 10.0. The van der Waals surface area contributed by atoms with Crippen molar-refractivity contribution in [2.24, 2.45) is 0 Å². The number of nitrogens with one attached hydrogen (secondary N) is 1. The second-order valence-corrected chi connectivity index (χ2v) is 5.22. The lowest BCUT2D eigenvalue weighted by Gasteiger charge is -2.38. The molecule has 5 nitrogen and oxygen atoms in total. The number of fused-ring (bicyclic) bond motifs is 1. The molecule has 1 aromatic heterocycles. The number of carbonyl (C=O) groups excluding carboxylic acids is 1. The molecule has 0 aliphatic carbocycles. The number of rotatable bonds is 5. The molecule has 2 heterocycles. The number of aromatic nitrogens is 1. The molecule has 1 N–H and O–H groups in total. The highest BCUT2D eigenvalue weighted by atomic mass is 16.5. The minimum absolute atomic E-state index is 0.0410. The molecule has 0 radical (unpaired) electrons. The second kappa shape index (κ2) is 6.58. The van der Waals surface area contributed by atoms with Crippen LogP contribution in [0.3, 0.4) is 0 Å². The van der Waals surface area contributed by atoms with E-state index >= 15 is 0 Å². The van der Waals surface area contributed by atoms with E-state index in [-0.39, 0.29) is 12.1 Å². The molecular formula is C17H19N3O2. The Balaban J connectivity index is 1.93. The summed E-state index contributed by atoms with van der Waals surface area (Å²) in [4.78, 5) is 18.8. The Morgan fingerprint density at radius 3 is 2.91 bits per heavy atom. The van der Waals surface area contributed by atoms with E-state index in [0.717, 1.165) is 17.7 Å². The molecule has 1 atom stereocenters. The van der Waals surface area contributed by atoms with Gasteiger partial charge in [0, 0.05) is 43.9 Å². The molecular weight excluding hydrogens is 278 g/mol. The van der Waals surface area contributed by atoms with Crippen LogP contribution in [-0.4, -0.2) is 36.1 Å². The Hall–Kier alpha value is -2.40. The first-order valence-electron chi connectivity index (χ1n) is 7.36. The topological polar surface area (TPSA) is 54.5 Å². The first kappa shape index (κ1) is 14.5. The fraction of sp³-hybridized carbons (Fsp3) is 0.294. The summed E-state index contributed by atoms with van der Waals surface area (Å²) in [5.41, 5.74) is 2.55. The van der Waals surface area contributed by atoms with Crippen LogP contribution in [0.1, 0.15) is 28.5 Å². The molecule has 22 heavy (non-hydrogen) atoms. The van der Waals surface area contributed by atoms with Crippen LogP contribution in [0, 0.1) is 0 Å². The lowest BCUT2D eigenvalue weighted by Crippen LogP contribution is -2.43. The van der Waals surface area contributed by atoms with Crippen LogP contribution in [0.15, 0.2) is 48.8 Å². The molecule has 0 saturated carbocycles. The molecule has 1 aromatic carbocycles. The smallest absolute Gasteiger partial charge is 0.257 e. The average Bonchev–Trinajstić information content (AvgIpc) is 2.57. The number of anilines is 1. The minimum Gasteiger partial charge on any atom is -0.385 e. The van der Waals surface area contributed by atoms with Crippen molar-refractivity contribution in [3.05, 3.63) is 59.9 Å². The van der Waals surface area contributed by atoms with Crippen LogP contribution >= 0.6 is 0 Å². The number of ether oxygens (including phenoxy) is 1. The van der Waals surface area contributed by atoms with Gasteiger partial charge in [0.05, 0.1) is 5.56 Å². The van der Waals surface area contributed by atoms with E-state index in [4.69, 9.17) is 4.74 Å². The Morgan fingerprint density at radius 1 is 1.27 bits per heavy atom. The third-order valence-electron chi connectivity index (χ3n) is 3.77. The quantitative estimate of drug-likeness (QED) is 0.862. The number of carbonyl (C=O) groups is 1. The molecule has 0 bridgehead atoms. The monoisotopic (exact) mass is 297 g/mol. The van der Waals surface area contributed by atoms with Crippen molar-refractivity contribution in [2.75, 3.05) is 25.6 Å². The maximum absolute atomic E-state index is 12.8. The summed E-state index contributed by atoms with van der Waals surface area (Å²) in [6.45, 7) is 1.26. The zero-order valence-corrected chi connectivity index (χ0v) is 12.5. The van der Waals surface area contributed by atoms with Gasteiger partial charge in [-0.1, -0.05) is 18.2 Å². The van der Waals surface area contributed by atoms with Crippen LogP contribution in [0.2, 0.25) is 0 Å². The van der Waals surface area contributed by atoms with Crippen molar-refractivity contribution in [1.82, 2.24) is 9.88 Å². The number of para-hydroxylation sites is 1. The van der Waals surface area contributed by atoms with Gasteiger partial charge in [0.2, 0.25) is 0 Å². The van der Waals surface area contributed by atoms with Gasteiger partial charge in [-0.15, -0.1) is 0 Å². The molecule has 0 saturated heterocycles. The number of hydrogen-bond acceptors (Lipinski definition) is 4. The van der Waals surface area contributed by atoms with Gasteiger partial charge in [-0.2, -0.15) is 0 Å². The summed E-state index contributed by atoms with van der Waals surface area (Å²) < 4.78 is 5.11. The third kappa shape index (κ3) is 2.80. The summed E-state index contributed by atoms with van der Waals surface area (Å²) in [6, 6.07) is 11.5. The van der Waals surface area contributed by atoms with Gasteiger partial charge in [-0.05, 0) is 24.6 Å². The summed E-state index contributed by atoms with van der Waals surface area (Å²) in [5.74, 6) is 0.0410. The summed E-state index contributed by atoms with van der Waals surface area (Å²) in [6.07, 6.45) is 4.12. The largest absolute Gasteiger partial charge is 0.385 e. The van der Waals surface area contributed by atoms with E-state index in [1.807, 2.05) is 41.3 Å². The maximum Gasteiger partial charge on any atom is 0.257 e. The zero-order valence-electron chi connectivity index (χ0n) is 12.5. The van der Waals surface area contributed by atoms with Crippen LogP contribution in [0.4, 0.5) is 5.69 Å². The average molecular weight is 297 g/mol. The normalized spacial score (nSPS) is 17.0. The van der Waals surface area contributed by atoms with E-state index in [9.17, 15) is 4.79 Å².